The molecule has 0 fully saturated rings. The molecule has 0 bridgehead atoms. The van der Waals surface area contributed by atoms with Crippen molar-refractivity contribution in [1.82, 2.24) is 15.4 Å². The summed E-state index contributed by atoms with van der Waals surface area (Å²) < 4.78 is 37.6. The van der Waals surface area contributed by atoms with Gasteiger partial charge in [0, 0.05) is 17.5 Å². The van der Waals surface area contributed by atoms with Crippen molar-refractivity contribution in [3.63, 3.8) is 0 Å². The normalized spacial score (nSPS) is 12.6. The molecule has 2 aromatic rings. The average molecular weight is 405 g/mol. The van der Waals surface area contributed by atoms with Crippen LogP contribution in [-0.2, 0) is 12.7 Å². The summed E-state index contributed by atoms with van der Waals surface area (Å²) in [5, 5.41) is 3.86. The molecule has 0 atom stereocenters. The van der Waals surface area contributed by atoms with Gasteiger partial charge in [0.1, 0.15) is 10.8 Å². The Morgan fingerprint density at radius 1 is 1.35 bits per heavy atom. The minimum absolute atomic E-state index is 0.0269. The lowest BCUT2D eigenvalue weighted by Crippen LogP contribution is -2.27. The summed E-state index contributed by atoms with van der Waals surface area (Å²) in [6, 6.07) is 4.33. The van der Waals surface area contributed by atoms with Crippen LogP contribution in [-0.4, -0.2) is 22.1 Å². The van der Waals surface area contributed by atoms with Gasteiger partial charge < -0.3 is 5.73 Å². The van der Waals surface area contributed by atoms with Crippen molar-refractivity contribution < 1.29 is 13.2 Å². The predicted molar refractivity (Wildman–Crippen MR) is 94.3 cm³/mol. The van der Waals surface area contributed by atoms with Gasteiger partial charge in [-0.3, -0.25) is 4.98 Å². The zero-order chi connectivity index (χ0) is 19.3. The molecule has 0 aromatic carbocycles. The van der Waals surface area contributed by atoms with E-state index in [1.54, 1.807) is 12.1 Å². The highest BCUT2D eigenvalue weighted by Crippen LogP contribution is 2.30. The number of rotatable bonds is 4. The molecule has 0 aliphatic heterocycles. The van der Waals surface area contributed by atoms with E-state index in [-0.39, 0.29) is 23.2 Å². The van der Waals surface area contributed by atoms with Gasteiger partial charge in [0.15, 0.2) is 0 Å². The first-order valence-corrected chi connectivity index (χ1v) is 7.86. The number of aliphatic imine (C=N–C) groups is 1. The second-order valence-electron chi connectivity index (χ2n) is 5.06. The predicted octanol–water partition coefficient (Wildman–Crippen LogP) is 3.55. The third-order valence-electron chi connectivity index (χ3n) is 3.05. The standard InChI is InChI=1S/C15H13Cl2F3N6/c1-8-2-3-9(13(17)25-8)5-23-14(21)26-24-7-12-11(16)4-10(6-22-12)15(18,19)20/h2-4,6-7H,5H2,1H3,(H3,21,23,26)/b24-7+. The Hall–Kier alpha value is -2.39. The summed E-state index contributed by atoms with van der Waals surface area (Å²) in [6.07, 6.45) is -2.73. The van der Waals surface area contributed by atoms with E-state index in [4.69, 9.17) is 28.9 Å². The highest BCUT2D eigenvalue weighted by atomic mass is 35.5. The van der Waals surface area contributed by atoms with E-state index in [0.717, 1.165) is 18.0 Å². The van der Waals surface area contributed by atoms with Gasteiger partial charge in [0.2, 0.25) is 5.96 Å². The molecule has 6 nitrogen and oxygen atoms in total. The fourth-order valence-corrected chi connectivity index (χ4v) is 2.21. The summed E-state index contributed by atoms with van der Waals surface area (Å²) >= 11 is 11.7. The molecule has 0 spiro atoms. The molecule has 0 amide bonds. The number of nitrogens with two attached hydrogens (primary N) is 1. The van der Waals surface area contributed by atoms with E-state index in [1.165, 1.54) is 0 Å². The fourth-order valence-electron chi connectivity index (χ4n) is 1.74. The smallest absolute Gasteiger partial charge is 0.369 e. The molecule has 0 radical (unpaired) electrons. The molecule has 11 heteroatoms. The van der Waals surface area contributed by atoms with Crippen LogP contribution in [0, 0.1) is 6.92 Å². The van der Waals surface area contributed by atoms with Gasteiger partial charge >= 0.3 is 6.18 Å². The SMILES string of the molecule is Cc1ccc(CN=C(N)N/N=C/c2ncc(C(F)(F)F)cc2Cl)c(Cl)n1. The van der Waals surface area contributed by atoms with Crippen LogP contribution in [0.15, 0.2) is 34.5 Å². The van der Waals surface area contributed by atoms with Crippen molar-refractivity contribution in [1.29, 1.82) is 0 Å². The largest absolute Gasteiger partial charge is 0.417 e. The van der Waals surface area contributed by atoms with Crippen LogP contribution in [0.3, 0.4) is 0 Å². The quantitative estimate of drug-likeness (QED) is 0.353. The number of hydrogen-bond donors (Lipinski definition) is 2. The van der Waals surface area contributed by atoms with Crippen molar-refractivity contribution in [3.05, 3.63) is 57.1 Å². The van der Waals surface area contributed by atoms with Crippen LogP contribution in [0.25, 0.3) is 0 Å². The summed E-state index contributed by atoms with van der Waals surface area (Å²) in [5.74, 6) is -0.0269. The van der Waals surface area contributed by atoms with E-state index in [1.807, 2.05) is 6.92 Å². The number of hydrazone groups is 1. The lowest BCUT2D eigenvalue weighted by Gasteiger charge is -2.07. The zero-order valence-corrected chi connectivity index (χ0v) is 14.9. The highest BCUT2D eigenvalue weighted by Gasteiger charge is 2.31. The second kappa shape index (κ2) is 8.33. The van der Waals surface area contributed by atoms with Gasteiger partial charge in [-0.15, -0.1) is 0 Å². The molecule has 0 aliphatic rings. The number of halogens is 5. The number of guanidine groups is 1. The molecule has 2 heterocycles. The van der Waals surface area contributed by atoms with E-state index in [2.05, 4.69) is 25.5 Å². The van der Waals surface area contributed by atoms with Crippen LogP contribution in [0.1, 0.15) is 22.5 Å². The van der Waals surface area contributed by atoms with Crippen LogP contribution >= 0.6 is 23.2 Å². The van der Waals surface area contributed by atoms with Crippen LogP contribution < -0.4 is 11.2 Å². The Kier molecular flexibility index (Phi) is 6.38. The fraction of sp³-hybridized carbons (Fsp3) is 0.200. The molecule has 0 saturated carbocycles. The Balaban J connectivity index is 1.99. The topological polar surface area (TPSA) is 88.5 Å². The Labute approximate surface area is 157 Å². The van der Waals surface area contributed by atoms with Crippen molar-refractivity contribution in [2.45, 2.75) is 19.6 Å². The van der Waals surface area contributed by atoms with Gasteiger partial charge in [0.05, 0.1) is 23.3 Å². The van der Waals surface area contributed by atoms with E-state index in [0.29, 0.717) is 16.9 Å². The maximum atomic E-state index is 12.5. The molecule has 0 saturated heterocycles. The van der Waals surface area contributed by atoms with Gasteiger partial charge in [-0.2, -0.15) is 18.3 Å². The molecule has 2 rings (SSSR count). The molecular formula is C15H13Cl2F3N6. The van der Waals surface area contributed by atoms with Gasteiger partial charge in [-0.05, 0) is 19.1 Å². The number of aryl methyl sites for hydroxylation is 1. The number of hydrogen-bond acceptors (Lipinski definition) is 4. The summed E-state index contributed by atoms with van der Waals surface area (Å²) in [4.78, 5) is 11.7. The van der Waals surface area contributed by atoms with Gasteiger partial charge in [0.25, 0.3) is 0 Å². The Bertz CT molecular complexity index is 852. The van der Waals surface area contributed by atoms with E-state index in [9.17, 15) is 13.2 Å². The lowest BCUT2D eigenvalue weighted by molar-refractivity contribution is -0.137. The van der Waals surface area contributed by atoms with Crippen molar-refractivity contribution in [2.75, 3.05) is 0 Å². The van der Waals surface area contributed by atoms with E-state index < -0.39 is 11.7 Å². The van der Waals surface area contributed by atoms with Crippen molar-refractivity contribution in [2.24, 2.45) is 15.8 Å². The van der Waals surface area contributed by atoms with Crippen LogP contribution in [0.4, 0.5) is 13.2 Å². The molecule has 138 valence electrons. The maximum absolute atomic E-state index is 12.5. The number of pyridine rings is 2. The van der Waals surface area contributed by atoms with Crippen LogP contribution in [0.2, 0.25) is 10.2 Å². The van der Waals surface area contributed by atoms with Crippen molar-refractivity contribution >= 4 is 35.4 Å². The third kappa shape index (κ3) is 5.57. The summed E-state index contributed by atoms with van der Waals surface area (Å²) in [5.41, 5.74) is 8.62. The number of alkyl halides is 3. The number of nitrogens with zero attached hydrogens (tertiary/aromatic N) is 4. The van der Waals surface area contributed by atoms with E-state index >= 15 is 0 Å². The maximum Gasteiger partial charge on any atom is 0.417 e. The molecule has 2 aromatic heterocycles. The highest BCUT2D eigenvalue weighted by molar-refractivity contribution is 6.32. The average Bonchev–Trinajstić information content (AvgIpc) is 2.54. The first kappa shape index (κ1) is 19.9. The minimum atomic E-state index is -4.52. The Morgan fingerprint density at radius 2 is 2.08 bits per heavy atom. The molecular weight excluding hydrogens is 392 g/mol. The van der Waals surface area contributed by atoms with Crippen molar-refractivity contribution in [3.8, 4) is 0 Å². The number of nitrogens with one attached hydrogen (secondary N) is 1. The summed E-state index contributed by atoms with van der Waals surface area (Å²) in [7, 11) is 0. The molecule has 0 unspecified atom stereocenters. The zero-order valence-electron chi connectivity index (χ0n) is 13.3. The Morgan fingerprint density at radius 3 is 2.69 bits per heavy atom. The van der Waals surface area contributed by atoms with Gasteiger partial charge in [-0.25, -0.2) is 15.4 Å². The third-order valence-corrected chi connectivity index (χ3v) is 3.68. The van der Waals surface area contributed by atoms with Gasteiger partial charge in [-0.1, -0.05) is 29.3 Å². The first-order valence-electron chi connectivity index (χ1n) is 7.10. The van der Waals surface area contributed by atoms with Crippen LogP contribution in [0.5, 0.6) is 0 Å². The summed E-state index contributed by atoms with van der Waals surface area (Å²) in [6.45, 7) is 1.99. The second-order valence-corrected chi connectivity index (χ2v) is 5.83. The first-order chi connectivity index (χ1) is 12.2. The molecule has 0 aliphatic carbocycles. The molecule has 26 heavy (non-hydrogen) atoms. The molecule has 3 N–H and O–H groups in total. The minimum Gasteiger partial charge on any atom is -0.369 e. The lowest BCUT2D eigenvalue weighted by atomic mass is 10.2. The number of aromatic nitrogens is 2. The monoisotopic (exact) mass is 404 g/mol.